The molecule has 172 valence electrons. The third-order valence-corrected chi connectivity index (χ3v) is 7.64. The third-order valence-electron chi connectivity index (χ3n) is 7.64. The first-order valence-corrected chi connectivity index (χ1v) is 11.5. The predicted octanol–water partition coefficient (Wildman–Crippen LogP) is 4.55. The van der Waals surface area contributed by atoms with Crippen LogP contribution in [0.1, 0.15) is 62.6 Å². The molecule has 0 bridgehead atoms. The highest BCUT2D eigenvalue weighted by Crippen LogP contribution is 2.47. The number of hydrogen-bond acceptors (Lipinski definition) is 3. The molecule has 1 saturated heterocycles. The quantitative estimate of drug-likeness (QED) is 0.750. The summed E-state index contributed by atoms with van der Waals surface area (Å²) >= 11 is 0. The van der Waals surface area contributed by atoms with Crippen LogP contribution in [0.3, 0.4) is 0 Å². The zero-order chi connectivity index (χ0) is 22.2. The maximum absolute atomic E-state index is 13.8. The van der Waals surface area contributed by atoms with E-state index < -0.39 is 17.2 Å². The van der Waals surface area contributed by atoms with Gasteiger partial charge in [-0.05, 0) is 61.6 Å². The van der Waals surface area contributed by atoms with Gasteiger partial charge in [0.2, 0.25) is 5.91 Å². The summed E-state index contributed by atoms with van der Waals surface area (Å²) in [7, 11) is 0. The molecule has 31 heavy (non-hydrogen) atoms. The molecule has 1 amide bonds. The highest BCUT2D eigenvalue weighted by Gasteiger charge is 2.50. The van der Waals surface area contributed by atoms with Gasteiger partial charge in [0.05, 0.1) is 11.0 Å². The second kappa shape index (κ2) is 8.74. The Kier molecular flexibility index (Phi) is 6.37. The Morgan fingerprint density at radius 3 is 2.61 bits per heavy atom. The number of ether oxygens (including phenoxy) is 1. The van der Waals surface area contributed by atoms with Gasteiger partial charge in [0, 0.05) is 38.4 Å². The fourth-order valence-corrected chi connectivity index (χ4v) is 5.72. The van der Waals surface area contributed by atoms with Crippen LogP contribution < -0.4 is 5.32 Å². The normalized spacial score (nSPS) is 27.5. The van der Waals surface area contributed by atoms with Crippen molar-refractivity contribution >= 4 is 5.91 Å². The Morgan fingerprint density at radius 2 is 1.94 bits per heavy atom. The van der Waals surface area contributed by atoms with Crippen LogP contribution in [0.2, 0.25) is 0 Å². The maximum Gasteiger partial charge on any atom is 0.416 e. The number of nitrogens with zero attached hydrogens (tertiary/aromatic N) is 1. The lowest BCUT2D eigenvalue weighted by atomic mass is 9.73. The SMILES string of the molecule is CC(C)[C@]1(C(=O)N2CCc3cccc(C(F)(F)F)c3C2)CCC(NC2CCOCC2)C1. The van der Waals surface area contributed by atoms with Crippen molar-refractivity contribution in [1.29, 1.82) is 0 Å². The molecule has 4 rings (SSSR count). The highest BCUT2D eigenvalue weighted by atomic mass is 19.4. The van der Waals surface area contributed by atoms with Crippen LogP contribution >= 0.6 is 0 Å². The van der Waals surface area contributed by atoms with E-state index in [1.807, 2.05) is 0 Å². The molecule has 1 unspecified atom stereocenters. The average molecular weight is 439 g/mol. The van der Waals surface area contributed by atoms with Gasteiger partial charge in [-0.15, -0.1) is 0 Å². The maximum atomic E-state index is 13.8. The number of nitrogens with one attached hydrogen (secondary N) is 1. The summed E-state index contributed by atoms with van der Waals surface area (Å²) in [5, 5.41) is 3.73. The highest BCUT2D eigenvalue weighted by molar-refractivity contribution is 5.84. The van der Waals surface area contributed by atoms with Gasteiger partial charge in [-0.1, -0.05) is 26.0 Å². The number of fused-ring (bicyclic) bond motifs is 1. The standard InChI is InChI=1S/C24H33F3N2O2/c1-16(2)23(10-6-19(14-23)28-18-8-12-31-13-9-18)22(30)29-11-7-17-4-3-5-21(20(17)15-29)24(25,26)27/h3-5,16,18-19,28H,6-15H2,1-2H3/t19?,23-/m0/s1. The molecule has 3 aliphatic rings. The van der Waals surface area contributed by atoms with Gasteiger partial charge in [0.1, 0.15) is 0 Å². The van der Waals surface area contributed by atoms with Crippen LogP contribution in [0, 0.1) is 11.3 Å². The van der Waals surface area contributed by atoms with Crippen LogP contribution in [0.4, 0.5) is 13.2 Å². The van der Waals surface area contributed by atoms with E-state index in [0.29, 0.717) is 24.6 Å². The van der Waals surface area contributed by atoms with E-state index in [1.165, 1.54) is 6.07 Å². The van der Waals surface area contributed by atoms with E-state index in [0.717, 1.165) is 51.4 Å². The molecule has 2 heterocycles. The number of amides is 1. The van der Waals surface area contributed by atoms with Crippen molar-refractivity contribution in [2.24, 2.45) is 11.3 Å². The summed E-state index contributed by atoms with van der Waals surface area (Å²) in [4.78, 5) is 15.5. The summed E-state index contributed by atoms with van der Waals surface area (Å²) in [6.07, 6.45) is 0.520. The molecule has 0 spiro atoms. The number of hydrogen-bond donors (Lipinski definition) is 1. The molecular formula is C24H33F3N2O2. The van der Waals surface area contributed by atoms with Crippen molar-refractivity contribution in [3.05, 3.63) is 34.9 Å². The lowest BCUT2D eigenvalue weighted by Crippen LogP contribution is -2.49. The van der Waals surface area contributed by atoms with Gasteiger partial charge in [-0.3, -0.25) is 4.79 Å². The van der Waals surface area contributed by atoms with Gasteiger partial charge in [0.25, 0.3) is 0 Å². The minimum atomic E-state index is -4.40. The zero-order valence-electron chi connectivity index (χ0n) is 18.4. The third kappa shape index (κ3) is 4.49. The second-order valence-electron chi connectivity index (χ2n) is 9.72. The number of carbonyl (C=O) groups excluding carboxylic acids is 1. The lowest BCUT2D eigenvalue weighted by molar-refractivity contribution is -0.147. The van der Waals surface area contributed by atoms with Crippen molar-refractivity contribution in [3.8, 4) is 0 Å². The van der Waals surface area contributed by atoms with Gasteiger partial charge < -0.3 is 15.0 Å². The van der Waals surface area contributed by atoms with Crippen molar-refractivity contribution in [1.82, 2.24) is 10.2 Å². The topological polar surface area (TPSA) is 41.6 Å². The van der Waals surface area contributed by atoms with E-state index in [9.17, 15) is 18.0 Å². The van der Waals surface area contributed by atoms with Crippen LogP contribution in [0.15, 0.2) is 18.2 Å². The van der Waals surface area contributed by atoms with Crippen LogP contribution in [0.25, 0.3) is 0 Å². The monoisotopic (exact) mass is 438 g/mol. The molecule has 0 aromatic heterocycles. The molecule has 4 nitrogen and oxygen atoms in total. The van der Waals surface area contributed by atoms with Gasteiger partial charge >= 0.3 is 6.18 Å². The van der Waals surface area contributed by atoms with E-state index in [4.69, 9.17) is 4.74 Å². The van der Waals surface area contributed by atoms with Crippen LogP contribution in [-0.4, -0.2) is 42.6 Å². The Bertz CT molecular complexity index is 805. The average Bonchev–Trinajstić information content (AvgIpc) is 3.17. The van der Waals surface area contributed by atoms with Crippen molar-refractivity contribution < 1.29 is 22.7 Å². The Labute approximate surface area is 182 Å². The molecule has 0 radical (unpaired) electrons. The first-order chi connectivity index (χ1) is 14.7. The minimum absolute atomic E-state index is 0.0291. The Hall–Kier alpha value is -1.60. The largest absolute Gasteiger partial charge is 0.416 e. The van der Waals surface area contributed by atoms with Gasteiger partial charge in [0.15, 0.2) is 0 Å². The molecular weight excluding hydrogens is 405 g/mol. The molecule has 2 fully saturated rings. The van der Waals surface area contributed by atoms with Crippen molar-refractivity contribution in [2.45, 2.75) is 77.2 Å². The first-order valence-electron chi connectivity index (χ1n) is 11.5. The van der Waals surface area contributed by atoms with E-state index in [1.54, 1.807) is 11.0 Å². The smallest absolute Gasteiger partial charge is 0.381 e. The number of alkyl halides is 3. The zero-order valence-corrected chi connectivity index (χ0v) is 18.4. The number of halogens is 3. The first kappa shape index (κ1) is 22.6. The molecule has 1 saturated carbocycles. The molecule has 1 aromatic rings. The summed E-state index contributed by atoms with van der Waals surface area (Å²) in [6.45, 7) is 6.23. The number of rotatable bonds is 4. The predicted molar refractivity (Wildman–Crippen MR) is 112 cm³/mol. The fourth-order valence-electron chi connectivity index (χ4n) is 5.72. The Morgan fingerprint density at radius 1 is 1.19 bits per heavy atom. The molecule has 7 heteroatoms. The van der Waals surface area contributed by atoms with Crippen LogP contribution in [0.5, 0.6) is 0 Å². The summed E-state index contributed by atoms with van der Waals surface area (Å²) in [6, 6.07) is 5.06. The summed E-state index contributed by atoms with van der Waals surface area (Å²) in [5.74, 6) is 0.169. The van der Waals surface area contributed by atoms with E-state index >= 15 is 0 Å². The molecule has 1 aromatic carbocycles. The molecule has 2 atom stereocenters. The van der Waals surface area contributed by atoms with E-state index in [-0.39, 0.29) is 30.0 Å². The van der Waals surface area contributed by atoms with Crippen molar-refractivity contribution in [3.63, 3.8) is 0 Å². The lowest BCUT2D eigenvalue weighted by Gasteiger charge is -2.40. The molecule has 2 aliphatic heterocycles. The van der Waals surface area contributed by atoms with Gasteiger partial charge in [-0.2, -0.15) is 13.2 Å². The summed E-state index contributed by atoms with van der Waals surface area (Å²) < 4.78 is 46.1. The second-order valence-corrected chi connectivity index (χ2v) is 9.72. The van der Waals surface area contributed by atoms with Gasteiger partial charge in [-0.25, -0.2) is 0 Å². The Balaban J connectivity index is 1.51. The van der Waals surface area contributed by atoms with Crippen LogP contribution in [-0.2, 0) is 28.7 Å². The van der Waals surface area contributed by atoms with Crippen molar-refractivity contribution in [2.75, 3.05) is 19.8 Å². The minimum Gasteiger partial charge on any atom is -0.381 e. The summed E-state index contributed by atoms with van der Waals surface area (Å²) in [5.41, 5.74) is -0.133. The molecule has 1 aliphatic carbocycles. The van der Waals surface area contributed by atoms with E-state index in [2.05, 4.69) is 19.2 Å². The number of benzene rings is 1. The molecule has 1 N–H and O–H groups in total. The number of carbonyl (C=O) groups is 1. The fraction of sp³-hybridized carbons (Fsp3) is 0.708.